The second kappa shape index (κ2) is 5.33. The molecule has 2 heterocycles. The van der Waals surface area contributed by atoms with Crippen molar-refractivity contribution < 1.29 is 4.74 Å². The van der Waals surface area contributed by atoms with Crippen molar-refractivity contribution >= 4 is 11.3 Å². The summed E-state index contributed by atoms with van der Waals surface area (Å²) in [5.41, 5.74) is 1.38. The molecule has 15 heavy (non-hydrogen) atoms. The summed E-state index contributed by atoms with van der Waals surface area (Å²) in [6.07, 6.45) is 4.23. The van der Waals surface area contributed by atoms with E-state index in [0.717, 1.165) is 26.0 Å². The molecule has 0 aromatic carbocycles. The molecule has 0 saturated carbocycles. The molecule has 0 radical (unpaired) electrons. The zero-order chi connectivity index (χ0) is 10.5. The molecule has 1 aliphatic heterocycles. The van der Waals surface area contributed by atoms with Gasteiger partial charge in [-0.2, -0.15) is 0 Å². The molecule has 1 unspecified atom stereocenters. The molecule has 2 nitrogen and oxygen atoms in total. The van der Waals surface area contributed by atoms with Gasteiger partial charge in [-0.3, -0.25) is 0 Å². The highest BCUT2D eigenvalue weighted by Gasteiger charge is 2.18. The Morgan fingerprint density at radius 3 is 3.13 bits per heavy atom. The highest BCUT2D eigenvalue weighted by atomic mass is 32.1. The van der Waals surface area contributed by atoms with Crippen LogP contribution in [0.5, 0.6) is 0 Å². The second-order valence-electron chi connectivity index (χ2n) is 3.67. The zero-order valence-electron chi connectivity index (χ0n) is 9.03. The van der Waals surface area contributed by atoms with E-state index in [4.69, 9.17) is 4.74 Å². The number of thiophene rings is 1. The molecule has 0 saturated heterocycles. The Morgan fingerprint density at radius 1 is 1.60 bits per heavy atom. The quantitative estimate of drug-likeness (QED) is 0.847. The Bertz CT molecular complexity index is 318. The average Bonchev–Trinajstić information content (AvgIpc) is 2.80. The third-order valence-electron chi connectivity index (χ3n) is 2.57. The lowest BCUT2D eigenvalue weighted by molar-refractivity contribution is 0.219. The van der Waals surface area contributed by atoms with Gasteiger partial charge in [0.05, 0.1) is 18.9 Å². The van der Waals surface area contributed by atoms with Crippen molar-refractivity contribution in [1.82, 2.24) is 5.32 Å². The average molecular weight is 223 g/mol. The maximum atomic E-state index is 5.41. The first-order valence-corrected chi connectivity index (χ1v) is 6.37. The molecule has 1 aromatic rings. The van der Waals surface area contributed by atoms with Crippen LogP contribution in [-0.4, -0.2) is 13.2 Å². The Morgan fingerprint density at radius 2 is 2.53 bits per heavy atom. The predicted molar refractivity (Wildman–Crippen MR) is 64.0 cm³/mol. The van der Waals surface area contributed by atoms with Crippen molar-refractivity contribution in [3.05, 3.63) is 34.2 Å². The van der Waals surface area contributed by atoms with E-state index in [-0.39, 0.29) is 0 Å². The van der Waals surface area contributed by atoms with Crippen molar-refractivity contribution in [2.45, 2.75) is 25.8 Å². The van der Waals surface area contributed by atoms with Crippen LogP contribution in [0.15, 0.2) is 29.3 Å². The SMILES string of the molecule is CCNC(C1=COCCC1)c1cccs1. The summed E-state index contributed by atoms with van der Waals surface area (Å²) in [5.74, 6) is 0. The molecule has 0 amide bonds. The van der Waals surface area contributed by atoms with Crippen LogP contribution in [0.25, 0.3) is 0 Å². The highest BCUT2D eigenvalue weighted by molar-refractivity contribution is 7.10. The predicted octanol–water partition coefficient (Wildman–Crippen LogP) is 3.09. The Balaban J connectivity index is 2.15. The van der Waals surface area contributed by atoms with Gasteiger partial charge in [0.25, 0.3) is 0 Å². The van der Waals surface area contributed by atoms with E-state index in [9.17, 15) is 0 Å². The van der Waals surface area contributed by atoms with Crippen LogP contribution in [0.4, 0.5) is 0 Å². The van der Waals surface area contributed by atoms with Gasteiger partial charge in [-0.25, -0.2) is 0 Å². The van der Waals surface area contributed by atoms with Gasteiger partial charge in [-0.15, -0.1) is 11.3 Å². The molecular weight excluding hydrogens is 206 g/mol. The van der Waals surface area contributed by atoms with Crippen LogP contribution < -0.4 is 5.32 Å². The summed E-state index contributed by atoms with van der Waals surface area (Å²) in [6.45, 7) is 4.00. The van der Waals surface area contributed by atoms with E-state index in [0.29, 0.717) is 6.04 Å². The zero-order valence-corrected chi connectivity index (χ0v) is 9.85. The topological polar surface area (TPSA) is 21.3 Å². The van der Waals surface area contributed by atoms with E-state index < -0.39 is 0 Å². The van der Waals surface area contributed by atoms with E-state index in [1.54, 1.807) is 11.3 Å². The molecule has 0 bridgehead atoms. The summed E-state index contributed by atoms with van der Waals surface area (Å²) >= 11 is 1.81. The first-order valence-electron chi connectivity index (χ1n) is 5.49. The summed E-state index contributed by atoms with van der Waals surface area (Å²) in [6, 6.07) is 4.65. The molecule has 2 rings (SSSR count). The smallest absolute Gasteiger partial charge is 0.0876 e. The molecule has 0 aliphatic carbocycles. The van der Waals surface area contributed by atoms with Crippen molar-refractivity contribution in [2.24, 2.45) is 0 Å². The first kappa shape index (κ1) is 10.7. The van der Waals surface area contributed by atoms with Crippen LogP contribution in [-0.2, 0) is 4.74 Å². The lowest BCUT2D eigenvalue weighted by atomic mass is 10.0. The molecule has 0 spiro atoms. The normalized spacial score (nSPS) is 18.1. The largest absolute Gasteiger partial charge is 0.501 e. The minimum atomic E-state index is 0.357. The van der Waals surface area contributed by atoms with Gasteiger partial charge in [0, 0.05) is 4.88 Å². The Hall–Kier alpha value is -0.800. The number of hydrogen-bond acceptors (Lipinski definition) is 3. The van der Waals surface area contributed by atoms with Crippen molar-refractivity contribution in [3.63, 3.8) is 0 Å². The molecule has 0 fully saturated rings. The number of likely N-dealkylation sites (N-methyl/N-ethyl adjacent to an activating group) is 1. The second-order valence-corrected chi connectivity index (χ2v) is 4.65. The maximum absolute atomic E-state index is 5.41. The lowest BCUT2D eigenvalue weighted by Gasteiger charge is -2.23. The number of rotatable bonds is 4. The van der Waals surface area contributed by atoms with Crippen molar-refractivity contribution in [2.75, 3.05) is 13.2 Å². The summed E-state index contributed by atoms with van der Waals surface area (Å²) in [4.78, 5) is 1.38. The first-order chi connectivity index (χ1) is 7.42. The van der Waals surface area contributed by atoms with Gasteiger partial charge in [0.15, 0.2) is 0 Å². The van der Waals surface area contributed by atoms with Gasteiger partial charge in [-0.1, -0.05) is 13.0 Å². The highest BCUT2D eigenvalue weighted by Crippen LogP contribution is 2.30. The van der Waals surface area contributed by atoms with Crippen molar-refractivity contribution in [1.29, 1.82) is 0 Å². The fraction of sp³-hybridized carbons (Fsp3) is 0.500. The van der Waals surface area contributed by atoms with E-state index in [1.807, 2.05) is 6.26 Å². The minimum absolute atomic E-state index is 0.357. The molecular formula is C12H17NOS. The van der Waals surface area contributed by atoms with E-state index in [1.165, 1.54) is 10.5 Å². The summed E-state index contributed by atoms with van der Waals surface area (Å²) in [7, 11) is 0. The molecule has 1 aliphatic rings. The standard InChI is InChI=1S/C12H17NOS/c1-2-13-12(11-6-4-8-15-11)10-5-3-7-14-9-10/h4,6,8-9,12-13H,2-3,5,7H2,1H3. The Kier molecular flexibility index (Phi) is 3.80. The van der Waals surface area contributed by atoms with Crippen LogP contribution in [0.3, 0.4) is 0 Å². The van der Waals surface area contributed by atoms with Crippen LogP contribution in [0, 0.1) is 0 Å². The van der Waals surface area contributed by atoms with Crippen molar-refractivity contribution in [3.8, 4) is 0 Å². The monoisotopic (exact) mass is 223 g/mol. The van der Waals surface area contributed by atoms with E-state index >= 15 is 0 Å². The minimum Gasteiger partial charge on any atom is -0.501 e. The fourth-order valence-electron chi connectivity index (χ4n) is 1.87. The third-order valence-corrected chi connectivity index (χ3v) is 3.51. The Labute approximate surface area is 95.0 Å². The van der Waals surface area contributed by atoms with Crippen LogP contribution >= 0.6 is 11.3 Å². The van der Waals surface area contributed by atoms with Crippen LogP contribution in [0.1, 0.15) is 30.7 Å². The molecule has 1 aromatic heterocycles. The number of nitrogens with one attached hydrogen (secondary N) is 1. The third kappa shape index (κ3) is 2.61. The molecule has 1 N–H and O–H groups in total. The molecule has 3 heteroatoms. The molecule has 82 valence electrons. The van der Waals surface area contributed by atoms with Gasteiger partial charge in [-0.05, 0) is 36.4 Å². The summed E-state index contributed by atoms with van der Waals surface area (Å²) in [5, 5.41) is 5.65. The maximum Gasteiger partial charge on any atom is 0.0876 e. The molecule has 1 atom stereocenters. The van der Waals surface area contributed by atoms with Gasteiger partial charge >= 0.3 is 0 Å². The van der Waals surface area contributed by atoms with Crippen LogP contribution in [0.2, 0.25) is 0 Å². The lowest BCUT2D eigenvalue weighted by Crippen LogP contribution is -2.23. The summed E-state index contributed by atoms with van der Waals surface area (Å²) < 4.78 is 5.41. The number of hydrogen-bond donors (Lipinski definition) is 1. The number of ether oxygens (including phenoxy) is 1. The van der Waals surface area contributed by atoms with E-state index in [2.05, 4.69) is 29.8 Å². The van der Waals surface area contributed by atoms with Gasteiger partial charge in [0.2, 0.25) is 0 Å². The fourth-order valence-corrected chi connectivity index (χ4v) is 2.71. The van der Waals surface area contributed by atoms with Gasteiger partial charge < -0.3 is 10.1 Å². The van der Waals surface area contributed by atoms with Gasteiger partial charge in [0.1, 0.15) is 0 Å².